The number of hydrogen-bond donors (Lipinski definition) is 1. The first-order chi connectivity index (χ1) is 9.70. The van der Waals surface area contributed by atoms with E-state index in [-0.39, 0.29) is 5.75 Å². The zero-order valence-corrected chi connectivity index (χ0v) is 11.3. The smallest absolute Gasteiger partial charge is 0.150 e. The number of nitrogens with zero attached hydrogens (tertiary/aromatic N) is 1. The Balaban J connectivity index is 0.000000151. The molecule has 0 spiro atoms. The van der Waals surface area contributed by atoms with Gasteiger partial charge in [0.05, 0.1) is 12.2 Å². The standard InChI is InChI=1S/C9H11NO.C7H6O2/c1-10-6-7-11-9-5-3-2-4-8(9)10;8-5-6-1-3-7(9)4-2-6/h2-5H,6-7H2,1H3;1-5,9H. The lowest BCUT2D eigenvalue weighted by Crippen LogP contribution is -2.28. The van der Waals surface area contributed by atoms with Crippen molar-refractivity contribution in [3.05, 3.63) is 54.1 Å². The highest BCUT2D eigenvalue weighted by Crippen LogP contribution is 2.29. The number of carbonyl (C=O) groups is 1. The van der Waals surface area contributed by atoms with Gasteiger partial charge in [-0.15, -0.1) is 0 Å². The molecule has 0 saturated carbocycles. The van der Waals surface area contributed by atoms with Crippen LogP contribution in [0.2, 0.25) is 0 Å². The third-order valence-corrected chi connectivity index (χ3v) is 2.99. The van der Waals surface area contributed by atoms with E-state index < -0.39 is 0 Å². The Labute approximate surface area is 118 Å². The number of para-hydroxylation sites is 2. The number of rotatable bonds is 1. The van der Waals surface area contributed by atoms with Gasteiger partial charge in [-0.1, -0.05) is 12.1 Å². The van der Waals surface area contributed by atoms with Crippen LogP contribution in [0.5, 0.6) is 11.5 Å². The molecule has 4 nitrogen and oxygen atoms in total. The first-order valence-corrected chi connectivity index (χ1v) is 6.38. The number of fused-ring (bicyclic) bond motifs is 1. The van der Waals surface area contributed by atoms with Crippen LogP contribution in [0.25, 0.3) is 0 Å². The minimum Gasteiger partial charge on any atom is -0.508 e. The molecule has 2 aromatic carbocycles. The number of aldehydes is 1. The van der Waals surface area contributed by atoms with Crippen molar-refractivity contribution in [3.63, 3.8) is 0 Å². The van der Waals surface area contributed by atoms with Crippen LogP contribution in [0, 0.1) is 0 Å². The molecule has 0 bridgehead atoms. The molecule has 0 fully saturated rings. The van der Waals surface area contributed by atoms with Crippen molar-refractivity contribution in [1.29, 1.82) is 0 Å². The molecule has 0 unspecified atom stereocenters. The van der Waals surface area contributed by atoms with E-state index >= 15 is 0 Å². The van der Waals surface area contributed by atoms with Gasteiger partial charge >= 0.3 is 0 Å². The number of ether oxygens (including phenoxy) is 1. The van der Waals surface area contributed by atoms with Gasteiger partial charge in [0.2, 0.25) is 0 Å². The molecule has 20 heavy (non-hydrogen) atoms. The van der Waals surface area contributed by atoms with E-state index in [4.69, 9.17) is 9.84 Å². The molecule has 0 amide bonds. The number of anilines is 1. The minimum atomic E-state index is 0.181. The summed E-state index contributed by atoms with van der Waals surface area (Å²) in [4.78, 5) is 12.2. The second-order valence-electron chi connectivity index (χ2n) is 4.45. The zero-order chi connectivity index (χ0) is 14.4. The van der Waals surface area contributed by atoms with E-state index in [1.165, 1.54) is 17.8 Å². The van der Waals surface area contributed by atoms with E-state index in [1.807, 2.05) is 18.2 Å². The second kappa shape index (κ2) is 6.61. The third-order valence-electron chi connectivity index (χ3n) is 2.99. The summed E-state index contributed by atoms with van der Waals surface area (Å²) in [5.74, 6) is 1.18. The highest BCUT2D eigenvalue weighted by atomic mass is 16.5. The summed E-state index contributed by atoms with van der Waals surface area (Å²) in [6.07, 6.45) is 0.736. The Morgan fingerprint density at radius 2 is 1.85 bits per heavy atom. The van der Waals surface area contributed by atoms with Gasteiger partial charge in [0, 0.05) is 12.6 Å². The fraction of sp³-hybridized carbons (Fsp3) is 0.188. The SMILES string of the molecule is CN1CCOc2ccccc21.O=Cc1ccc(O)cc1. The minimum absolute atomic E-state index is 0.181. The lowest BCUT2D eigenvalue weighted by molar-refractivity contribution is 0.112. The van der Waals surface area contributed by atoms with Gasteiger partial charge < -0.3 is 14.7 Å². The zero-order valence-electron chi connectivity index (χ0n) is 11.3. The van der Waals surface area contributed by atoms with Crippen LogP contribution in [0.1, 0.15) is 10.4 Å². The Bertz CT molecular complexity index is 566. The van der Waals surface area contributed by atoms with Gasteiger partial charge in [-0.2, -0.15) is 0 Å². The lowest BCUT2D eigenvalue weighted by atomic mass is 10.2. The fourth-order valence-electron chi connectivity index (χ4n) is 1.86. The summed E-state index contributed by atoms with van der Waals surface area (Å²) >= 11 is 0. The summed E-state index contributed by atoms with van der Waals surface area (Å²) in [6.45, 7) is 1.78. The van der Waals surface area contributed by atoms with Gasteiger partial charge in [-0.3, -0.25) is 4.79 Å². The van der Waals surface area contributed by atoms with Crippen molar-refractivity contribution >= 4 is 12.0 Å². The molecule has 1 aliphatic heterocycles. The number of aromatic hydroxyl groups is 1. The maximum atomic E-state index is 10.0. The Morgan fingerprint density at radius 3 is 2.50 bits per heavy atom. The van der Waals surface area contributed by atoms with Crippen LogP contribution >= 0.6 is 0 Å². The predicted octanol–water partition coefficient (Wildman–Crippen LogP) is 2.72. The molecular weight excluding hydrogens is 254 g/mol. The van der Waals surface area contributed by atoms with Crippen molar-refractivity contribution in [3.8, 4) is 11.5 Å². The largest absolute Gasteiger partial charge is 0.508 e. The Hall–Kier alpha value is -2.49. The van der Waals surface area contributed by atoms with Crippen molar-refractivity contribution in [2.45, 2.75) is 0 Å². The average molecular weight is 271 g/mol. The van der Waals surface area contributed by atoms with E-state index in [0.29, 0.717) is 5.56 Å². The highest BCUT2D eigenvalue weighted by Gasteiger charge is 2.12. The first-order valence-electron chi connectivity index (χ1n) is 6.38. The number of hydrogen-bond acceptors (Lipinski definition) is 4. The monoisotopic (exact) mass is 271 g/mol. The summed E-state index contributed by atoms with van der Waals surface area (Å²) in [5, 5.41) is 8.74. The Kier molecular flexibility index (Phi) is 4.60. The lowest BCUT2D eigenvalue weighted by Gasteiger charge is -2.27. The van der Waals surface area contributed by atoms with Crippen molar-refractivity contribution < 1.29 is 14.6 Å². The average Bonchev–Trinajstić information content (AvgIpc) is 2.49. The predicted molar refractivity (Wildman–Crippen MR) is 78.7 cm³/mol. The molecule has 0 aromatic heterocycles. The van der Waals surface area contributed by atoms with Crippen LogP contribution in [-0.4, -0.2) is 31.6 Å². The molecule has 2 aromatic rings. The van der Waals surface area contributed by atoms with Gasteiger partial charge in [0.1, 0.15) is 24.4 Å². The maximum absolute atomic E-state index is 10.0. The molecule has 3 rings (SSSR count). The number of phenols is 1. The summed E-state index contributed by atoms with van der Waals surface area (Å²) in [5.41, 5.74) is 1.77. The van der Waals surface area contributed by atoms with Gasteiger partial charge in [-0.25, -0.2) is 0 Å². The van der Waals surface area contributed by atoms with Crippen LogP contribution in [0.4, 0.5) is 5.69 Å². The third kappa shape index (κ3) is 3.51. The molecular formula is C16H17NO3. The summed E-state index contributed by atoms with van der Waals surface area (Å²) in [6, 6.07) is 14.2. The fourth-order valence-corrected chi connectivity index (χ4v) is 1.86. The van der Waals surface area contributed by atoms with E-state index in [2.05, 4.69) is 18.0 Å². The van der Waals surface area contributed by atoms with Crippen molar-refractivity contribution in [2.75, 3.05) is 25.1 Å². The van der Waals surface area contributed by atoms with E-state index in [9.17, 15) is 4.79 Å². The molecule has 0 saturated heterocycles. The molecule has 104 valence electrons. The number of likely N-dealkylation sites (N-methyl/N-ethyl adjacent to an activating group) is 1. The van der Waals surface area contributed by atoms with Gasteiger partial charge in [0.25, 0.3) is 0 Å². The molecule has 0 atom stereocenters. The normalized spacial score (nSPS) is 12.6. The summed E-state index contributed by atoms with van der Waals surface area (Å²) in [7, 11) is 2.08. The van der Waals surface area contributed by atoms with Crippen LogP contribution in [0.15, 0.2) is 48.5 Å². The second-order valence-corrected chi connectivity index (χ2v) is 4.45. The van der Waals surface area contributed by atoms with Gasteiger partial charge in [-0.05, 0) is 36.4 Å². The highest BCUT2D eigenvalue weighted by molar-refractivity contribution is 5.74. The van der Waals surface area contributed by atoms with Crippen molar-refractivity contribution in [1.82, 2.24) is 0 Å². The van der Waals surface area contributed by atoms with E-state index in [0.717, 1.165) is 25.2 Å². The Morgan fingerprint density at radius 1 is 1.15 bits per heavy atom. The number of benzene rings is 2. The van der Waals surface area contributed by atoms with E-state index in [1.54, 1.807) is 12.1 Å². The number of phenolic OH excluding ortho intramolecular Hbond substituents is 1. The van der Waals surface area contributed by atoms with Crippen LogP contribution in [0.3, 0.4) is 0 Å². The molecule has 1 heterocycles. The maximum Gasteiger partial charge on any atom is 0.150 e. The van der Waals surface area contributed by atoms with Crippen LogP contribution in [-0.2, 0) is 0 Å². The quantitative estimate of drug-likeness (QED) is 0.810. The van der Waals surface area contributed by atoms with Gasteiger partial charge in [0.15, 0.2) is 0 Å². The summed E-state index contributed by atoms with van der Waals surface area (Å²) < 4.78 is 5.45. The molecule has 1 aliphatic rings. The van der Waals surface area contributed by atoms with Crippen LogP contribution < -0.4 is 9.64 Å². The molecule has 0 aliphatic carbocycles. The van der Waals surface area contributed by atoms with Crippen molar-refractivity contribution in [2.24, 2.45) is 0 Å². The molecule has 4 heteroatoms. The molecule has 0 radical (unpaired) electrons. The number of carbonyl (C=O) groups excluding carboxylic acids is 1. The topological polar surface area (TPSA) is 49.8 Å². The molecule has 1 N–H and O–H groups in total. The first kappa shape index (κ1) is 13.9.